The van der Waals surface area contributed by atoms with Crippen LogP contribution in [0.2, 0.25) is 0 Å². The lowest BCUT2D eigenvalue weighted by atomic mass is 9.91. The highest BCUT2D eigenvalue weighted by molar-refractivity contribution is 7.99. The summed E-state index contributed by atoms with van der Waals surface area (Å²) in [6.07, 6.45) is 2.76. The second-order valence-electron chi connectivity index (χ2n) is 4.41. The summed E-state index contributed by atoms with van der Waals surface area (Å²) >= 11 is 1.85. The van der Waals surface area contributed by atoms with Crippen LogP contribution in [0.1, 0.15) is 18.4 Å². The highest BCUT2D eigenvalue weighted by atomic mass is 32.2. The van der Waals surface area contributed by atoms with E-state index >= 15 is 0 Å². The summed E-state index contributed by atoms with van der Waals surface area (Å²) in [4.78, 5) is 0. The van der Waals surface area contributed by atoms with Gasteiger partial charge in [0.05, 0.1) is 12.7 Å². The number of aliphatic hydroxyl groups is 1. The third-order valence-electron chi connectivity index (χ3n) is 2.97. The molecule has 1 aromatic carbocycles. The molecule has 0 aromatic heterocycles. The number of ether oxygens (including phenoxy) is 1. The first-order valence-electron chi connectivity index (χ1n) is 5.65. The predicted octanol–water partition coefficient (Wildman–Crippen LogP) is 2.50. The van der Waals surface area contributed by atoms with Crippen molar-refractivity contribution >= 4 is 11.8 Å². The summed E-state index contributed by atoms with van der Waals surface area (Å²) in [5.74, 6) is 2.90. The summed E-state index contributed by atoms with van der Waals surface area (Å²) in [5.41, 5.74) is 0.638. The number of hydrogen-bond acceptors (Lipinski definition) is 3. The molecule has 2 nitrogen and oxygen atoms in total. The molecule has 1 aromatic rings. The van der Waals surface area contributed by atoms with Crippen LogP contribution in [0, 0.1) is 0 Å². The van der Waals surface area contributed by atoms with Gasteiger partial charge in [-0.25, -0.2) is 0 Å². The third-order valence-corrected chi connectivity index (χ3v) is 4.29. The van der Waals surface area contributed by atoms with Crippen LogP contribution in [0.15, 0.2) is 24.3 Å². The van der Waals surface area contributed by atoms with Crippen LogP contribution in [-0.2, 0) is 6.42 Å². The molecular weight excluding hydrogens is 220 g/mol. The molecule has 0 saturated carbocycles. The van der Waals surface area contributed by atoms with E-state index in [0.29, 0.717) is 0 Å². The molecule has 1 aliphatic rings. The van der Waals surface area contributed by atoms with Crippen LogP contribution in [-0.4, -0.2) is 29.3 Å². The molecule has 3 heteroatoms. The predicted molar refractivity (Wildman–Crippen MR) is 68.2 cm³/mol. The van der Waals surface area contributed by atoms with E-state index < -0.39 is 5.60 Å². The van der Waals surface area contributed by atoms with Gasteiger partial charge in [-0.15, -0.1) is 0 Å². The van der Waals surface area contributed by atoms with E-state index in [-0.39, 0.29) is 0 Å². The maximum Gasteiger partial charge on any atom is 0.119 e. The molecule has 88 valence electrons. The van der Waals surface area contributed by atoms with Crippen LogP contribution in [0.3, 0.4) is 0 Å². The Labute approximate surface area is 101 Å². The van der Waals surface area contributed by atoms with Crippen molar-refractivity contribution in [2.24, 2.45) is 0 Å². The van der Waals surface area contributed by atoms with Crippen LogP contribution in [0.4, 0.5) is 0 Å². The zero-order valence-corrected chi connectivity index (χ0v) is 10.4. The Morgan fingerprint density at radius 1 is 1.50 bits per heavy atom. The largest absolute Gasteiger partial charge is 0.497 e. The lowest BCUT2D eigenvalue weighted by molar-refractivity contribution is 0.0529. The molecule has 0 spiro atoms. The van der Waals surface area contributed by atoms with Gasteiger partial charge in [-0.1, -0.05) is 12.1 Å². The highest BCUT2D eigenvalue weighted by Gasteiger charge is 2.29. The molecule has 1 heterocycles. The van der Waals surface area contributed by atoms with Gasteiger partial charge in [-0.05, 0) is 36.3 Å². The van der Waals surface area contributed by atoms with Crippen LogP contribution in [0.25, 0.3) is 0 Å². The molecule has 1 saturated heterocycles. The van der Waals surface area contributed by atoms with Crippen molar-refractivity contribution in [3.8, 4) is 5.75 Å². The number of thioether (sulfide) groups is 1. The SMILES string of the molecule is COc1cccc(CC2(O)CCCSC2)c1. The molecular formula is C13H18O2S. The van der Waals surface area contributed by atoms with E-state index in [1.807, 2.05) is 30.0 Å². The van der Waals surface area contributed by atoms with Gasteiger partial charge in [0, 0.05) is 12.2 Å². The number of benzene rings is 1. The molecule has 1 aliphatic heterocycles. The maximum absolute atomic E-state index is 10.4. The maximum atomic E-state index is 10.4. The Kier molecular flexibility index (Phi) is 3.77. The van der Waals surface area contributed by atoms with E-state index in [1.165, 1.54) is 5.75 Å². The minimum atomic E-state index is -0.519. The van der Waals surface area contributed by atoms with E-state index in [2.05, 4.69) is 6.07 Å². The van der Waals surface area contributed by atoms with Gasteiger partial charge in [0.1, 0.15) is 5.75 Å². The van der Waals surface area contributed by atoms with Crippen molar-refractivity contribution in [3.05, 3.63) is 29.8 Å². The number of methoxy groups -OCH3 is 1. The van der Waals surface area contributed by atoms with Gasteiger partial charge in [0.25, 0.3) is 0 Å². The van der Waals surface area contributed by atoms with Crippen LogP contribution in [0.5, 0.6) is 5.75 Å². The molecule has 1 fully saturated rings. The van der Waals surface area contributed by atoms with Crippen LogP contribution < -0.4 is 4.74 Å². The van der Waals surface area contributed by atoms with E-state index in [1.54, 1.807) is 7.11 Å². The lowest BCUT2D eigenvalue weighted by Crippen LogP contribution is -2.37. The molecule has 1 atom stereocenters. The molecule has 2 rings (SSSR count). The van der Waals surface area contributed by atoms with Crippen molar-refractivity contribution in [2.45, 2.75) is 24.9 Å². The molecule has 0 bridgehead atoms. The van der Waals surface area contributed by atoms with Gasteiger partial charge in [0.2, 0.25) is 0 Å². The average Bonchev–Trinajstić information content (AvgIpc) is 2.29. The van der Waals surface area contributed by atoms with Crippen LogP contribution >= 0.6 is 11.8 Å². The lowest BCUT2D eigenvalue weighted by Gasteiger charge is -2.31. The molecule has 0 radical (unpaired) electrons. The van der Waals surface area contributed by atoms with Gasteiger partial charge < -0.3 is 9.84 Å². The Balaban J connectivity index is 2.07. The normalized spacial score (nSPS) is 25.4. The first kappa shape index (κ1) is 11.8. The quantitative estimate of drug-likeness (QED) is 0.877. The van der Waals surface area contributed by atoms with Gasteiger partial charge in [-0.3, -0.25) is 0 Å². The average molecular weight is 238 g/mol. The number of hydrogen-bond donors (Lipinski definition) is 1. The van der Waals surface area contributed by atoms with Gasteiger partial charge in [-0.2, -0.15) is 11.8 Å². The summed E-state index contributed by atoms with van der Waals surface area (Å²) in [7, 11) is 1.67. The fourth-order valence-electron chi connectivity index (χ4n) is 2.14. The molecule has 0 aliphatic carbocycles. The van der Waals surface area contributed by atoms with Crippen molar-refractivity contribution in [1.29, 1.82) is 0 Å². The number of rotatable bonds is 3. The van der Waals surface area contributed by atoms with Gasteiger partial charge in [0.15, 0.2) is 0 Å². The summed E-state index contributed by atoms with van der Waals surface area (Å²) in [6.45, 7) is 0. The zero-order chi connectivity index (χ0) is 11.4. The fraction of sp³-hybridized carbons (Fsp3) is 0.538. The summed E-state index contributed by atoms with van der Waals surface area (Å²) < 4.78 is 5.19. The Morgan fingerprint density at radius 2 is 2.38 bits per heavy atom. The molecule has 1 N–H and O–H groups in total. The highest BCUT2D eigenvalue weighted by Crippen LogP contribution is 2.30. The molecule has 0 amide bonds. The molecule has 1 unspecified atom stereocenters. The molecule has 16 heavy (non-hydrogen) atoms. The Morgan fingerprint density at radius 3 is 3.06 bits per heavy atom. The van der Waals surface area contributed by atoms with Crippen molar-refractivity contribution in [2.75, 3.05) is 18.6 Å². The smallest absolute Gasteiger partial charge is 0.119 e. The summed E-state index contributed by atoms with van der Waals surface area (Å²) in [5, 5.41) is 10.4. The van der Waals surface area contributed by atoms with Crippen molar-refractivity contribution in [3.63, 3.8) is 0 Å². The van der Waals surface area contributed by atoms with Gasteiger partial charge >= 0.3 is 0 Å². The van der Waals surface area contributed by atoms with Crippen molar-refractivity contribution < 1.29 is 9.84 Å². The fourth-order valence-corrected chi connectivity index (χ4v) is 3.26. The minimum absolute atomic E-state index is 0.519. The Hall–Kier alpha value is -0.670. The zero-order valence-electron chi connectivity index (χ0n) is 9.61. The standard InChI is InChI=1S/C13H18O2S/c1-15-12-5-2-4-11(8-12)9-13(14)6-3-7-16-10-13/h2,4-5,8,14H,3,6-7,9-10H2,1H3. The monoisotopic (exact) mass is 238 g/mol. The van der Waals surface area contributed by atoms with Crippen molar-refractivity contribution in [1.82, 2.24) is 0 Å². The van der Waals surface area contributed by atoms with E-state index in [4.69, 9.17) is 4.74 Å². The van der Waals surface area contributed by atoms with E-state index in [0.717, 1.165) is 36.3 Å². The van der Waals surface area contributed by atoms with E-state index in [9.17, 15) is 5.11 Å². The second-order valence-corrected chi connectivity index (χ2v) is 5.51. The summed E-state index contributed by atoms with van der Waals surface area (Å²) in [6, 6.07) is 7.98. The third kappa shape index (κ3) is 2.92. The minimum Gasteiger partial charge on any atom is -0.497 e. The first-order chi connectivity index (χ1) is 7.72. The first-order valence-corrected chi connectivity index (χ1v) is 6.80. The Bertz CT molecular complexity index is 346. The topological polar surface area (TPSA) is 29.5 Å². The second kappa shape index (κ2) is 5.11.